The van der Waals surface area contributed by atoms with Crippen molar-refractivity contribution >= 4 is 0 Å². The Hall–Kier alpha value is -5.12. The van der Waals surface area contributed by atoms with Gasteiger partial charge in [0.15, 0.2) is 23.0 Å². The zero-order chi connectivity index (χ0) is 27.7. The monoisotopic (exact) mass is 522 g/mol. The highest BCUT2D eigenvalue weighted by molar-refractivity contribution is 5.84. The first kappa shape index (κ1) is 26.0. The van der Waals surface area contributed by atoms with E-state index in [4.69, 9.17) is 0 Å². The van der Waals surface area contributed by atoms with Gasteiger partial charge < -0.3 is 51.1 Å². The molecule has 38 heavy (non-hydrogen) atoms. The van der Waals surface area contributed by atoms with Gasteiger partial charge in [0, 0.05) is 23.3 Å². The third-order valence-electron chi connectivity index (χ3n) is 6.23. The molecule has 0 saturated carbocycles. The molecule has 0 amide bonds. The molecule has 0 spiro atoms. The van der Waals surface area contributed by atoms with E-state index in [1.165, 1.54) is 36.4 Å². The Morgan fingerprint density at radius 3 is 0.947 bits per heavy atom. The van der Waals surface area contributed by atoms with Crippen molar-refractivity contribution in [2.75, 3.05) is 0 Å². The van der Waals surface area contributed by atoms with Gasteiger partial charge in [-0.1, -0.05) is 0 Å². The minimum Gasteiger partial charge on any atom is -0.508 e. The second kappa shape index (κ2) is 10.1. The van der Waals surface area contributed by atoms with E-state index in [2.05, 4.69) is 0 Å². The Bertz CT molecular complexity index is 1370. The molecular formula is C28H26O10. The maximum absolute atomic E-state index is 10.6. The van der Waals surface area contributed by atoms with E-state index >= 15 is 0 Å². The lowest BCUT2D eigenvalue weighted by Crippen LogP contribution is -1.96. The van der Waals surface area contributed by atoms with Gasteiger partial charge in [-0.3, -0.25) is 0 Å². The molecule has 0 atom stereocenters. The van der Waals surface area contributed by atoms with E-state index < -0.39 is 34.5 Å². The summed E-state index contributed by atoms with van der Waals surface area (Å²) in [6, 6.07) is 10.6. The SMILES string of the molecule is Oc1cc(O)cc(CCc2cc(-c3cc(CCc4cc(O)cc(O)c4)c(O)c(O)c3O)c(O)c(O)c2O)c1. The Labute approximate surface area is 216 Å². The van der Waals surface area contributed by atoms with Gasteiger partial charge in [-0.2, -0.15) is 0 Å². The molecule has 10 N–H and O–H groups in total. The average molecular weight is 523 g/mol. The number of rotatable bonds is 7. The summed E-state index contributed by atoms with van der Waals surface area (Å²) >= 11 is 0. The van der Waals surface area contributed by atoms with Crippen LogP contribution in [0.3, 0.4) is 0 Å². The highest BCUT2D eigenvalue weighted by Crippen LogP contribution is 2.51. The van der Waals surface area contributed by atoms with Gasteiger partial charge >= 0.3 is 0 Å². The standard InChI is InChI=1S/C28H26O10/c29-17-5-13(6-18(30)11-17)1-3-15-9-21(25(35)27(37)23(15)33)22-10-16(24(34)28(38)26(22)36)4-2-14-7-19(31)12-20(32)8-14/h5-12,29-38H,1-4H2. The summed E-state index contributed by atoms with van der Waals surface area (Å²) in [5.74, 6) is -5.11. The van der Waals surface area contributed by atoms with Crippen molar-refractivity contribution in [1.29, 1.82) is 0 Å². The van der Waals surface area contributed by atoms with Crippen molar-refractivity contribution in [2.45, 2.75) is 25.7 Å². The first-order valence-corrected chi connectivity index (χ1v) is 11.5. The van der Waals surface area contributed by atoms with Crippen LogP contribution in [0.1, 0.15) is 22.3 Å². The van der Waals surface area contributed by atoms with Crippen LogP contribution in [0.5, 0.6) is 57.5 Å². The lowest BCUT2D eigenvalue weighted by molar-refractivity contribution is 0.362. The molecule has 0 aliphatic carbocycles. The van der Waals surface area contributed by atoms with Crippen LogP contribution in [0, 0.1) is 0 Å². The molecule has 4 aromatic rings. The summed E-state index contributed by atoms with van der Waals surface area (Å²) in [4.78, 5) is 0. The molecule has 198 valence electrons. The molecular weight excluding hydrogens is 496 g/mol. The fraction of sp³-hybridized carbons (Fsp3) is 0.143. The maximum atomic E-state index is 10.6. The molecule has 4 aromatic carbocycles. The van der Waals surface area contributed by atoms with Crippen molar-refractivity contribution in [2.24, 2.45) is 0 Å². The number of hydrogen-bond acceptors (Lipinski definition) is 10. The van der Waals surface area contributed by atoms with Gasteiger partial charge in [0.25, 0.3) is 0 Å². The lowest BCUT2D eigenvalue weighted by Gasteiger charge is -2.17. The summed E-state index contributed by atoms with van der Waals surface area (Å²) in [5.41, 5.74) is 1.09. The molecule has 0 aliphatic heterocycles. The van der Waals surface area contributed by atoms with Gasteiger partial charge in [-0.25, -0.2) is 0 Å². The molecule has 0 bridgehead atoms. The lowest BCUT2D eigenvalue weighted by atomic mass is 9.93. The number of phenols is 10. The molecule has 0 aromatic heterocycles. The van der Waals surface area contributed by atoms with Gasteiger partial charge in [0.05, 0.1) is 0 Å². The predicted molar refractivity (Wildman–Crippen MR) is 136 cm³/mol. The Morgan fingerprint density at radius 1 is 0.316 bits per heavy atom. The molecule has 0 heterocycles. The van der Waals surface area contributed by atoms with Crippen LogP contribution in [0.2, 0.25) is 0 Å². The van der Waals surface area contributed by atoms with E-state index in [1.54, 1.807) is 0 Å². The number of aromatic hydroxyl groups is 10. The Balaban J connectivity index is 1.71. The first-order valence-electron chi connectivity index (χ1n) is 11.5. The van der Waals surface area contributed by atoms with Crippen molar-refractivity contribution in [1.82, 2.24) is 0 Å². The Kier molecular flexibility index (Phi) is 6.89. The van der Waals surface area contributed by atoms with Crippen molar-refractivity contribution in [3.63, 3.8) is 0 Å². The fourth-order valence-electron chi connectivity index (χ4n) is 4.36. The van der Waals surface area contributed by atoms with Crippen LogP contribution in [-0.2, 0) is 25.7 Å². The van der Waals surface area contributed by atoms with Gasteiger partial charge in [-0.05, 0) is 84.3 Å². The number of benzene rings is 4. The third kappa shape index (κ3) is 5.19. The van der Waals surface area contributed by atoms with E-state index in [0.29, 0.717) is 11.1 Å². The topological polar surface area (TPSA) is 202 Å². The smallest absolute Gasteiger partial charge is 0.201 e. The highest BCUT2D eigenvalue weighted by atomic mass is 16.3. The van der Waals surface area contributed by atoms with Crippen molar-refractivity contribution in [3.8, 4) is 68.6 Å². The van der Waals surface area contributed by atoms with Crippen LogP contribution < -0.4 is 0 Å². The minimum absolute atomic E-state index is 0.0915. The molecule has 0 unspecified atom stereocenters. The average Bonchev–Trinajstić information content (AvgIpc) is 2.84. The quantitative estimate of drug-likeness (QED) is 0.158. The van der Waals surface area contributed by atoms with Crippen LogP contribution in [0.15, 0.2) is 48.5 Å². The van der Waals surface area contributed by atoms with Gasteiger partial charge in [0.2, 0.25) is 11.5 Å². The van der Waals surface area contributed by atoms with Gasteiger partial charge in [-0.15, -0.1) is 0 Å². The summed E-state index contributed by atoms with van der Waals surface area (Å²) in [7, 11) is 0. The van der Waals surface area contributed by atoms with E-state index in [0.717, 1.165) is 12.1 Å². The highest BCUT2D eigenvalue weighted by Gasteiger charge is 2.24. The van der Waals surface area contributed by atoms with E-state index in [-0.39, 0.29) is 70.9 Å². The van der Waals surface area contributed by atoms with Crippen LogP contribution in [0.25, 0.3) is 11.1 Å². The number of phenolic OH excluding ortho intramolecular Hbond substituents is 10. The molecule has 10 nitrogen and oxygen atoms in total. The second-order valence-corrected chi connectivity index (χ2v) is 8.97. The summed E-state index contributed by atoms with van der Waals surface area (Å²) in [6.07, 6.45) is 0.616. The maximum Gasteiger partial charge on any atom is 0.201 e. The molecule has 0 saturated heterocycles. The zero-order valence-electron chi connectivity index (χ0n) is 19.9. The molecule has 0 radical (unpaired) electrons. The molecule has 0 fully saturated rings. The third-order valence-corrected chi connectivity index (χ3v) is 6.23. The van der Waals surface area contributed by atoms with Crippen molar-refractivity contribution < 1.29 is 51.1 Å². The van der Waals surface area contributed by atoms with Gasteiger partial charge in [0.1, 0.15) is 23.0 Å². The predicted octanol–water partition coefficient (Wildman–Crippen LogP) is 3.98. The summed E-state index contributed by atoms with van der Waals surface area (Å²) in [6.45, 7) is 0. The minimum atomic E-state index is -0.861. The second-order valence-electron chi connectivity index (χ2n) is 8.97. The number of hydrogen-bond donors (Lipinski definition) is 10. The first-order chi connectivity index (χ1) is 17.9. The van der Waals surface area contributed by atoms with E-state index in [1.807, 2.05) is 0 Å². The summed E-state index contributed by atoms with van der Waals surface area (Å²) in [5, 5.41) is 101. The van der Waals surface area contributed by atoms with Crippen LogP contribution in [0.4, 0.5) is 0 Å². The Morgan fingerprint density at radius 2 is 0.632 bits per heavy atom. The number of aryl methyl sites for hydroxylation is 4. The van der Waals surface area contributed by atoms with Crippen LogP contribution >= 0.6 is 0 Å². The summed E-state index contributed by atoms with van der Waals surface area (Å²) < 4.78 is 0. The fourth-order valence-corrected chi connectivity index (χ4v) is 4.36. The van der Waals surface area contributed by atoms with Crippen molar-refractivity contribution in [3.05, 3.63) is 70.8 Å². The van der Waals surface area contributed by atoms with Crippen LogP contribution in [-0.4, -0.2) is 51.1 Å². The van der Waals surface area contributed by atoms with E-state index in [9.17, 15) is 51.1 Å². The molecule has 0 aliphatic rings. The largest absolute Gasteiger partial charge is 0.508 e. The zero-order valence-corrected chi connectivity index (χ0v) is 19.9. The normalized spacial score (nSPS) is 11.1. The molecule has 4 rings (SSSR count). The molecule has 10 heteroatoms.